The summed E-state index contributed by atoms with van der Waals surface area (Å²) in [5, 5.41) is 24.9. The summed E-state index contributed by atoms with van der Waals surface area (Å²) in [5.74, 6) is -1.83. The smallest absolute Gasteiger partial charge is 0.278 e. The van der Waals surface area contributed by atoms with E-state index in [-0.39, 0.29) is 24.1 Å². The minimum absolute atomic E-state index is 0.0534. The molecule has 1 aromatic carbocycles. The molecule has 5 atom stereocenters. The van der Waals surface area contributed by atoms with Gasteiger partial charge < -0.3 is 10.6 Å². The van der Waals surface area contributed by atoms with E-state index in [4.69, 9.17) is 0 Å². The van der Waals surface area contributed by atoms with E-state index in [9.17, 15) is 24.5 Å². The number of halogens is 1. The van der Waals surface area contributed by atoms with Crippen molar-refractivity contribution in [2.45, 2.75) is 43.8 Å². The van der Waals surface area contributed by atoms with Crippen LogP contribution in [0.25, 0.3) is 5.57 Å². The summed E-state index contributed by atoms with van der Waals surface area (Å²) in [7, 11) is 0. The quantitative estimate of drug-likeness (QED) is 0.762. The molecule has 2 heterocycles. The Morgan fingerprint density at radius 2 is 2.12 bits per heavy atom. The molecule has 32 heavy (non-hydrogen) atoms. The number of piperidine rings is 1. The Kier molecular flexibility index (Phi) is 4.96. The van der Waals surface area contributed by atoms with Crippen LogP contribution in [0.1, 0.15) is 40.7 Å². The molecular formula is C24H20FN5O2. The topological polar surface area (TPSA) is 118 Å². The third-order valence-corrected chi connectivity index (χ3v) is 6.67. The van der Waals surface area contributed by atoms with Crippen LogP contribution in [0.15, 0.2) is 41.2 Å². The third kappa shape index (κ3) is 3.43. The first-order chi connectivity index (χ1) is 15.5. The number of allylic oxidation sites excluding steroid dienone is 4. The van der Waals surface area contributed by atoms with Gasteiger partial charge in [-0.05, 0) is 48.4 Å². The van der Waals surface area contributed by atoms with Crippen LogP contribution in [0.5, 0.6) is 0 Å². The molecule has 0 aromatic heterocycles. The molecule has 2 aliphatic heterocycles. The number of hydrogen-bond donors (Lipinski definition) is 2. The minimum atomic E-state index is -0.739. The SMILES string of the molecule is N#CC1C=C(F)C2=NC(=O)c3cc(CC(C#N)NC(=O)[C@H]4N[C@@H]5CC[C@H]4C5)ccc3C2=C1. The van der Waals surface area contributed by atoms with Crippen molar-refractivity contribution in [1.29, 1.82) is 10.5 Å². The Bertz CT molecular complexity index is 1200. The molecule has 2 unspecified atom stereocenters. The first kappa shape index (κ1) is 20.3. The van der Waals surface area contributed by atoms with E-state index < -0.39 is 23.7 Å². The number of amides is 2. The maximum atomic E-state index is 14.3. The minimum Gasteiger partial charge on any atom is -0.339 e. The van der Waals surface area contributed by atoms with Crippen molar-refractivity contribution >= 4 is 23.1 Å². The van der Waals surface area contributed by atoms with Gasteiger partial charge in [0.05, 0.1) is 24.1 Å². The van der Waals surface area contributed by atoms with E-state index in [1.165, 1.54) is 0 Å². The van der Waals surface area contributed by atoms with E-state index >= 15 is 0 Å². The Hall–Kier alpha value is -3.62. The maximum Gasteiger partial charge on any atom is 0.278 e. The number of carbonyl (C=O) groups excluding carboxylic acids is 2. The van der Waals surface area contributed by atoms with Crippen molar-refractivity contribution in [3.8, 4) is 12.1 Å². The molecule has 4 aliphatic rings. The fourth-order valence-corrected chi connectivity index (χ4v) is 5.15. The van der Waals surface area contributed by atoms with Crippen LogP contribution >= 0.6 is 0 Å². The standard InChI is InChI=1S/C24H20FN5O2/c25-20-8-13(10-26)7-18-17-4-1-12(6-19(17)23(31)30-22(18)20)5-16(11-27)29-24(32)21-14-2-3-15(9-14)28-21/h1,4,6-8,13-16,21,28H,2-3,5,9H2,(H,29,32)/t13?,14-,15+,16?,21-/m0/s1. The number of carbonyl (C=O) groups is 2. The Morgan fingerprint density at radius 1 is 1.28 bits per heavy atom. The zero-order valence-corrected chi connectivity index (χ0v) is 17.1. The van der Waals surface area contributed by atoms with E-state index in [1.54, 1.807) is 24.3 Å². The lowest BCUT2D eigenvalue weighted by atomic mass is 9.85. The molecule has 8 heteroatoms. The molecule has 2 N–H and O–H groups in total. The molecule has 1 saturated heterocycles. The summed E-state index contributed by atoms with van der Waals surface area (Å²) >= 11 is 0. The summed E-state index contributed by atoms with van der Waals surface area (Å²) < 4.78 is 14.3. The molecule has 2 amide bonds. The number of fused-ring (bicyclic) bond motifs is 5. The van der Waals surface area contributed by atoms with Gasteiger partial charge in [0.25, 0.3) is 5.91 Å². The predicted octanol–water partition coefficient (Wildman–Crippen LogP) is 2.36. The molecule has 0 spiro atoms. The number of aliphatic imine (C=N–C) groups is 1. The second kappa shape index (κ2) is 7.81. The number of hydrogen-bond acceptors (Lipinski definition) is 5. The summed E-state index contributed by atoms with van der Waals surface area (Å²) in [5.41, 5.74) is 1.86. The highest BCUT2D eigenvalue weighted by molar-refractivity contribution is 6.38. The molecule has 0 radical (unpaired) electrons. The molecule has 1 aromatic rings. The van der Waals surface area contributed by atoms with Crippen molar-refractivity contribution in [3.05, 3.63) is 52.9 Å². The molecule has 1 saturated carbocycles. The lowest BCUT2D eigenvalue weighted by Gasteiger charge is -2.24. The fourth-order valence-electron chi connectivity index (χ4n) is 5.15. The summed E-state index contributed by atoms with van der Waals surface area (Å²) in [6.45, 7) is 0. The summed E-state index contributed by atoms with van der Waals surface area (Å²) in [6.07, 6.45) is 6.08. The highest BCUT2D eigenvalue weighted by Crippen LogP contribution is 2.36. The Balaban J connectivity index is 1.35. The zero-order valence-electron chi connectivity index (χ0n) is 17.1. The molecule has 160 valence electrons. The van der Waals surface area contributed by atoms with Gasteiger partial charge >= 0.3 is 0 Å². The average molecular weight is 429 g/mol. The highest BCUT2D eigenvalue weighted by atomic mass is 19.1. The number of nitrogens with zero attached hydrogens (tertiary/aromatic N) is 3. The van der Waals surface area contributed by atoms with Gasteiger partial charge in [-0.1, -0.05) is 18.2 Å². The van der Waals surface area contributed by atoms with E-state index in [1.807, 2.05) is 6.07 Å². The first-order valence-corrected chi connectivity index (χ1v) is 10.7. The van der Waals surface area contributed by atoms with Crippen LogP contribution in [0.2, 0.25) is 0 Å². The monoisotopic (exact) mass is 429 g/mol. The predicted molar refractivity (Wildman–Crippen MR) is 114 cm³/mol. The summed E-state index contributed by atoms with van der Waals surface area (Å²) in [4.78, 5) is 29.1. The Morgan fingerprint density at radius 3 is 2.81 bits per heavy atom. The van der Waals surface area contributed by atoms with Gasteiger partial charge in [-0.25, -0.2) is 9.38 Å². The number of nitriles is 2. The number of rotatable bonds is 4. The van der Waals surface area contributed by atoms with Gasteiger partial charge in [-0.15, -0.1) is 0 Å². The van der Waals surface area contributed by atoms with Crippen LogP contribution < -0.4 is 10.6 Å². The van der Waals surface area contributed by atoms with Gasteiger partial charge in [-0.3, -0.25) is 9.59 Å². The van der Waals surface area contributed by atoms with Crippen molar-refractivity contribution in [3.63, 3.8) is 0 Å². The van der Waals surface area contributed by atoms with E-state index in [2.05, 4.69) is 21.7 Å². The second-order valence-electron chi connectivity index (χ2n) is 8.70. The fraction of sp³-hybridized carbons (Fsp3) is 0.375. The van der Waals surface area contributed by atoms with Gasteiger partial charge in [0.2, 0.25) is 5.91 Å². The van der Waals surface area contributed by atoms with Crippen LogP contribution in [-0.4, -0.2) is 35.7 Å². The maximum absolute atomic E-state index is 14.3. The van der Waals surface area contributed by atoms with E-state index in [0.29, 0.717) is 34.2 Å². The average Bonchev–Trinajstić information content (AvgIpc) is 3.43. The second-order valence-corrected chi connectivity index (χ2v) is 8.70. The lowest BCUT2D eigenvalue weighted by molar-refractivity contribution is -0.124. The molecule has 2 aliphatic carbocycles. The van der Waals surface area contributed by atoms with Gasteiger partial charge in [-0.2, -0.15) is 10.5 Å². The number of nitrogens with one attached hydrogen (secondary N) is 2. The largest absolute Gasteiger partial charge is 0.339 e. The normalized spacial score (nSPS) is 28.3. The molecular weight excluding hydrogens is 409 g/mol. The van der Waals surface area contributed by atoms with Crippen LogP contribution in [0.4, 0.5) is 4.39 Å². The van der Waals surface area contributed by atoms with Gasteiger partial charge in [0.15, 0.2) is 0 Å². The third-order valence-electron chi connectivity index (χ3n) is 6.67. The van der Waals surface area contributed by atoms with Crippen molar-refractivity contribution in [1.82, 2.24) is 10.6 Å². The van der Waals surface area contributed by atoms with Crippen molar-refractivity contribution in [2.24, 2.45) is 16.8 Å². The Labute approximate surface area is 184 Å². The van der Waals surface area contributed by atoms with Gasteiger partial charge in [0.1, 0.15) is 17.6 Å². The molecule has 5 rings (SSSR count). The zero-order chi connectivity index (χ0) is 22.4. The number of benzene rings is 1. The van der Waals surface area contributed by atoms with Crippen LogP contribution in [-0.2, 0) is 11.2 Å². The molecule has 7 nitrogen and oxygen atoms in total. The highest BCUT2D eigenvalue weighted by Gasteiger charge is 2.43. The van der Waals surface area contributed by atoms with Crippen molar-refractivity contribution < 1.29 is 14.0 Å². The molecule has 2 fully saturated rings. The lowest BCUT2D eigenvalue weighted by Crippen LogP contribution is -2.50. The van der Waals surface area contributed by atoms with Crippen LogP contribution in [0.3, 0.4) is 0 Å². The van der Waals surface area contributed by atoms with Crippen LogP contribution in [0, 0.1) is 34.5 Å². The van der Waals surface area contributed by atoms with Gasteiger partial charge in [0, 0.05) is 23.6 Å². The molecule has 2 bridgehead atoms. The van der Waals surface area contributed by atoms with Crippen molar-refractivity contribution in [2.75, 3.05) is 0 Å². The van der Waals surface area contributed by atoms with E-state index in [0.717, 1.165) is 25.3 Å². The summed E-state index contributed by atoms with van der Waals surface area (Å²) in [6, 6.07) is 8.58. The first-order valence-electron chi connectivity index (χ1n) is 10.7.